The van der Waals surface area contributed by atoms with Crippen LogP contribution in [0.2, 0.25) is 0 Å². The SMILES string of the molecule is CCS(=O)(=O)N1CC2CCC(Br)CC2C1. The summed E-state index contributed by atoms with van der Waals surface area (Å²) in [5.74, 6) is 1.44. The van der Waals surface area contributed by atoms with Crippen LogP contribution in [0.15, 0.2) is 0 Å². The van der Waals surface area contributed by atoms with E-state index < -0.39 is 10.0 Å². The Balaban J connectivity index is 2.05. The van der Waals surface area contributed by atoms with Gasteiger partial charge in [-0.25, -0.2) is 12.7 Å². The third-order valence-electron chi connectivity index (χ3n) is 3.71. The molecule has 3 unspecified atom stereocenters. The molecule has 1 saturated heterocycles. The van der Waals surface area contributed by atoms with Crippen LogP contribution in [0.3, 0.4) is 0 Å². The smallest absolute Gasteiger partial charge is 0.212 e. The molecule has 2 rings (SSSR count). The van der Waals surface area contributed by atoms with E-state index in [4.69, 9.17) is 0 Å². The number of sulfonamides is 1. The fourth-order valence-electron chi connectivity index (χ4n) is 2.74. The standard InChI is InChI=1S/C10H18BrNO2S/c1-2-15(13,14)12-6-8-3-4-10(11)5-9(8)7-12/h8-10H,2-7H2,1H3. The van der Waals surface area contributed by atoms with Gasteiger partial charge in [0.2, 0.25) is 10.0 Å². The summed E-state index contributed by atoms with van der Waals surface area (Å²) >= 11 is 3.64. The topological polar surface area (TPSA) is 37.4 Å². The Morgan fingerprint density at radius 3 is 2.60 bits per heavy atom. The normalized spacial score (nSPS) is 37.9. The Morgan fingerprint density at radius 2 is 1.93 bits per heavy atom. The first-order valence-corrected chi connectivity index (χ1v) is 8.17. The first kappa shape index (κ1) is 11.9. The van der Waals surface area contributed by atoms with Crippen LogP contribution in [0.5, 0.6) is 0 Å². The van der Waals surface area contributed by atoms with Crippen LogP contribution in [0.1, 0.15) is 26.2 Å². The number of alkyl halides is 1. The molecule has 0 amide bonds. The molecule has 5 heteroatoms. The molecule has 15 heavy (non-hydrogen) atoms. The van der Waals surface area contributed by atoms with Gasteiger partial charge in [-0.15, -0.1) is 0 Å². The molecule has 3 nitrogen and oxygen atoms in total. The lowest BCUT2D eigenvalue weighted by molar-refractivity contribution is 0.309. The largest absolute Gasteiger partial charge is 0.213 e. The molecule has 1 aliphatic heterocycles. The number of rotatable bonds is 2. The quantitative estimate of drug-likeness (QED) is 0.729. The summed E-state index contributed by atoms with van der Waals surface area (Å²) in [6.07, 6.45) is 3.51. The van der Waals surface area contributed by atoms with E-state index in [1.165, 1.54) is 12.8 Å². The van der Waals surface area contributed by atoms with Gasteiger partial charge in [-0.2, -0.15) is 0 Å². The van der Waals surface area contributed by atoms with Gasteiger partial charge in [-0.05, 0) is 38.0 Å². The van der Waals surface area contributed by atoms with Gasteiger partial charge in [-0.3, -0.25) is 0 Å². The zero-order valence-electron chi connectivity index (χ0n) is 9.02. The highest BCUT2D eigenvalue weighted by Crippen LogP contribution is 2.39. The predicted octanol–water partition coefficient (Wildman–Crippen LogP) is 1.83. The van der Waals surface area contributed by atoms with Gasteiger partial charge in [0.05, 0.1) is 5.75 Å². The lowest BCUT2D eigenvalue weighted by Gasteiger charge is -2.27. The Labute approximate surface area is 100 Å². The fourth-order valence-corrected chi connectivity index (χ4v) is 4.69. The van der Waals surface area contributed by atoms with Crippen molar-refractivity contribution in [3.63, 3.8) is 0 Å². The lowest BCUT2D eigenvalue weighted by atomic mass is 9.82. The van der Waals surface area contributed by atoms with Crippen LogP contribution in [0.4, 0.5) is 0 Å². The van der Waals surface area contributed by atoms with Gasteiger partial charge in [0.15, 0.2) is 0 Å². The molecular weight excluding hydrogens is 278 g/mol. The summed E-state index contributed by atoms with van der Waals surface area (Å²) in [6.45, 7) is 3.24. The third-order valence-corrected chi connectivity index (χ3v) is 6.36. The van der Waals surface area contributed by atoms with E-state index in [-0.39, 0.29) is 5.75 Å². The summed E-state index contributed by atoms with van der Waals surface area (Å²) in [5.41, 5.74) is 0. The predicted molar refractivity (Wildman–Crippen MR) is 64.6 cm³/mol. The van der Waals surface area contributed by atoms with Gasteiger partial charge in [0, 0.05) is 17.9 Å². The van der Waals surface area contributed by atoms with Crippen LogP contribution < -0.4 is 0 Å². The molecule has 2 fully saturated rings. The lowest BCUT2D eigenvalue weighted by Crippen LogP contribution is -2.30. The molecular formula is C10H18BrNO2S. The Morgan fingerprint density at radius 1 is 1.27 bits per heavy atom. The number of hydrogen-bond donors (Lipinski definition) is 0. The van der Waals surface area contributed by atoms with Gasteiger partial charge < -0.3 is 0 Å². The maximum Gasteiger partial charge on any atom is 0.213 e. The van der Waals surface area contributed by atoms with Crippen LogP contribution >= 0.6 is 15.9 Å². The molecule has 2 aliphatic rings. The van der Waals surface area contributed by atoms with Gasteiger partial charge in [-0.1, -0.05) is 15.9 Å². The molecule has 0 aromatic heterocycles. The van der Waals surface area contributed by atoms with E-state index in [0.717, 1.165) is 19.5 Å². The summed E-state index contributed by atoms with van der Waals surface area (Å²) in [7, 11) is -2.96. The molecule has 0 aromatic carbocycles. The summed E-state index contributed by atoms with van der Waals surface area (Å²) < 4.78 is 25.2. The van der Waals surface area contributed by atoms with Crippen molar-refractivity contribution in [2.75, 3.05) is 18.8 Å². The second kappa shape index (κ2) is 4.34. The number of hydrogen-bond acceptors (Lipinski definition) is 2. The van der Waals surface area contributed by atoms with Crippen LogP contribution in [-0.2, 0) is 10.0 Å². The first-order chi connectivity index (χ1) is 7.03. The monoisotopic (exact) mass is 295 g/mol. The minimum atomic E-state index is -2.96. The van der Waals surface area contributed by atoms with E-state index in [1.54, 1.807) is 11.2 Å². The highest BCUT2D eigenvalue weighted by Gasteiger charge is 2.40. The van der Waals surface area contributed by atoms with E-state index in [2.05, 4.69) is 15.9 Å². The highest BCUT2D eigenvalue weighted by atomic mass is 79.9. The summed E-state index contributed by atoms with van der Waals surface area (Å²) in [6, 6.07) is 0. The molecule has 3 atom stereocenters. The van der Waals surface area contributed by atoms with E-state index in [9.17, 15) is 8.42 Å². The summed E-state index contributed by atoms with van der Waals surface area (Å²) in [5, 5.41) is 0. The molecule has 1 heterocycles. The molecule has 0 bridgehead atoms. The average Bonchev–Trinajstić information content (AvgIpc) is 2.61. The molecule has 0 N–H and O–H groups in total. The van der Waals surface area contributed by atoms with Gasteiger partial charge in [0.25, 0.3) is 0 Å². The van der Waals surface area contributed by atoms with Crippen molar-refractivity contribution in [3.8, 4) is 0 Å². The molecule has 1 aliphatic carbocycles. The second-order valence-electron chi connectivity index (χ2n) is 4.65. The van der Waals surface area contributed by atoms with Crippen LogP contribution in [-0.4, -0.2) is 36.4 Å². The molecule has 0 radical (unpaired) electrons. The third kappa shape index (κ3) is 2.39. The van der Waals surface area contributed by atoms with Crippen LogP contribution in [0.25, 0.3) is 0 Å². The van der Waals surface area contributed by atoms with Crippen LogP contribution in [0, 0.1) is 11.8 Å². The van der Waals surface area contributed by atoms with E-state index in [1.807, 2.05) is 0 Å². The zero-order valence-corrected chi connectivity index (χ0v) is 11.4. The Hall–Kier alpha value is 0.390. The van der Waals surface area contributed by atoms with Crippen molar-refractivity contribution in [1.82, 2.24) is 4.31 Å². The highest BCUT2D eigenvalue weighted by molar-refractivity contribution is 9.09. The van der Waals surface area contributed by atoms with Gasteiger partial charge in [0.1, 0.15) is 0 Å². The number of halogens is 1. The maximum absolute atomic E-state index is 11.7. The Kier molecular flexibility index (Phi) is 3.43. The molecule has 0 spiro atoms. The van der Waals surface area contributed by atoms with Crippen molar-refractivity contribution >= 4 is 26.0 Å². The summed E-state index contributed by atoms with van der Waals surface area (Å²) in [4.78, 5) is 0.600. The van der Waals surface area contributed by atoms with E-state index >= 15 is 0 Å². The molecule has 0 aromatic rings. The Bertz CT molecular complexity index is 330. The molecule has 88 valence electrons. The van der Waals surface area contributed by atoms with Gasteiger partial charge >= 0.3 is 0 Å². The second-order valence-corrected chi connectivity index (χ2v) is 8.20. The van der Waals surface area contributed by atoms with Crippen molar-refractivity contribution < 1.29 is 8.42 Å². The minimum Gasteiger partial charge on any atom is -0.212 e. The van der Waals surface area contributed by atoms with Crippen molar-refractivity contribution in [3.05, 3.63) is 0 Å². The maximum atomic E-state index is 11.7. The van der Waals surface area contributed by atoms with Crippen molar-refractivity contribution in [2.45, 2.75) is 31.0 Å². The van der Waals surface area contributed by atoms with E-state index in [0.29, 0.717) is 16.7 Å². The van der Waals surface area contributed by atoms with Crippen molar-refractivity contribution in [2.24, 2.45) is 11.8 Å². The van der Waals surface area contributed by atoms with Crippen molar-refractivity contribution in [1.29, 1.82) is 0 Å². The minimum absolute atomic E-state index is 0.240. The first-order valence-electron chi connectivity index (χ1n) is 5.65. The number of nitrogens with zero attached hydrogens (tertiary/aromatic N) is 1. The molecule has 1 saturated carbocycles. The fraction of sp³-hybridized carbons (Fsp3) is 1.00. The zero-order chi connectivity index (χ0) is 11.1. The number of fused-ring (bicyclic) bond motifs is 1. The average molecular weight is 296 g/mol.